The highest BCUT2D eigenvalue weighted by Crippen LogP contribution is 2.19. The number of carboxylic acid groups (broad SMARTS) is 1. The zero-order valence-electron chi connectivity index (χ0n) is 10.2. The van der Waals surface area contributed by atoms with Gasteiger partial charge < -0.3 is 15.4 Å². The molecule has 0 saturated carbocycles. The first kappa shape index (κ1) is 12.3. The van der Waals surface area contributed by atoms with Gasteiger partial charge in [-0.1, -0.05) is 20.3 Å². The number of aromatic amines is 1. The summed E-state index contributed by atoms with van der Waals surface area (Å²) in [6.45, 7) is 3.84. The number of hydrogen-bond donors (Lipinski definition) is 3. The van der Waals surface area contributed by atoms with E-state index in [1.807, 2.05) is 13.8 Å². The molecule has 96 valence electrons. The molecule has 0 spiro atoms. The molecule has 2 rings (SSSR count). The predicted octanol–water partition coefficient (Wildman–Crippen LogP) is 1.26. The molecule has 2 atom stereocenters. The summed E-state index contributed by atoms with van der Waals surface area (Å²) in [5.74, 6) is -0.434. The van der Waals surface area contributed by atoms with E-state index in [0.717, 1.165) is 6.42 Å². The number of carbonyl (C=O) groups is 1. The van der Waals surface area contributed by atoms with E-state index in [0.29, 0.717) is 17.0 Å². The number of anilines is 1. The van der Waals surface area contributed by atoms with Crippen LogP contribution < -0.4 is 5.32 Å². The minimum atomic E-state index is -0.893. The minimum absolute atomic E-state index is 0.00423. The molecule has 0 radical (unpaired) electrons. The zero-order chi connectivity index (χ0) is 13.1. The van der Waals surface area contributed by atoms with Crippen molar-refractivity contribution in [2.75, 3.05) is 5.32 Å². The molecule has 0 fully saturated rings. The van der Waals surface area contributed by atoms with Crippen LogP contribution in [0.25, 0.3) is 11.2 Å². The van der Waals surface area contributed by atoms with E-state index in [1.54, 1.807) is 0 Å². The summed E-state index contributed by atoms with van der Waals surface area (Å²) in [6, 6.07) is -0.684. The molecule has 3 N–H and O–H groups in total. The average Bonchev–Trinajstić information content (AvgIpc) is 2.83. The third-order valence-corrected chi connectivity index (χ3v) is 2.99. The van der Waals surface area contributed by atoms with Crippen molar-refractivity contribution in [3.05, 3.63) is 12.7 Å². The van der Waals surface area contributed by atoms with Crippen molar-refractivity contribution in [3.63, 3.8) is 0 Å². The Balaban J connectivity index is 2.31. The van der Waals surface area contributed by atoms with Gasteiger partial charge in [-0.15, -0.1) is 0 Å². The second kappa shape index (κ2) is 4.99. The Kier molecular flexibility index (Phi) is 3.40. The monoisotopic (exact) mass is 249 g/mol. The smallest absolute Gasteiger partial charge is 0.326 e. The number of fused-ring (bicyclic) bond motifs is 1. The van der Waals surface area contributed by atoms with Crippen molar-refractivity contribution in [2.24, 2.45) is 5.92 Å². The topological polar surface area (TPSA) is 104 Å². The largest absolute Gasteiger partial charge is 0.480 e. The molecule has 0 bridgehead atoms. The van der Waals surface area contributed by atoms with Gasteiger partial charge in [-0.2, -0.15) is 0 Å². The van der Waals surface area contributed by atoms with Crippen LogP contribution in [-0.2, 0) is 4.79 Å². The summed E-state index contributed by atoms with van der Waals surface area (Å²) in [4.78, 5) is 26.2. The second-order valence-electron chi connectivity index (χ2n) is 4.17. The van der Waals surface area contributed by atoms with E-state index in [-0.39, 0.29) is 5.92 Å². The quantitative estimate of drug-likeness (QED) is 0.737. The average molecular weight is 249 g/mol. The lowest BCUT2D eigenvalue weighted by Crippen LogP contribution is -2.35. The van der Waals surface area contributed by atoms with Crippen LogP contribution in [0.1, 0.15) is 20.3 Å². The van der Waals surface area contributed by atoms with Crippen LogP contribution in [0.5, 0.6) is 0 Å². The Morgan fingerprint density at radius 3 is 2.94 bits per heavy atom. The summed E-state index contributed by atoms with van der Waals surface area (Å²) in [5.41, 5.74) is 1.13. The highest BCUT2D eigenvalue weighted by molar-refractivity contribution is 5.85. The van der Waals surface area contributed by atoms with Crippen molar-refractivity contribution < 1.29 is 9.90 Å². The molecule has 7 heteroatoms. The fourth-order valence-corrected chi connectivity index (χ4v) is 1.70. The molecular formula is C11H15N5O2. The van der Waals surface area contributed by atoms with Gasteiger partial charge in [-0.25, -0.2) is 19.7 Å². The number of nitrogens with zero attached hydrogens (tertiary/aromatic N) is 3. The van der Waals surface area contributed by atoms with Crippen LogP contribution in [0.3, 0.4) is 0 Å². The fraction of sp³-hybridized carbons (Fsp3) is 0.455. The summed E-state index contributed by atoms with van der Waals surface area (Å²) in [5, 5.41) is 12.2. The Labute approximate surface area is 104 Å². The van der Waals surface area contributed by atoms with Crippen LogP contribution in [0.2, 0.25) is 0 Å². The van der Waals surface area contributed by atoms with Gasteiger partial charge in [0.25, 0.3) is 0 Å². The first-order valence-corrected chi connectivity index (χ1v) is 5.77. The van der Waals surface area contributed by atoms with Crippen molar-refractivity contribution >= 4 is 23.0 Å². The number of aliphatic carboxylic acids is 1. The normalized spacial score (nSPS) is 14.3. The SMILES string of the molecule is CC[C@@H](C)[C@@H](Nc1ncnc2nc[nH]c12)C(=O)O. The molecule has 2 aromatic rings. The molecule has 18 heavy (non-hydrogen) atoms. The minimum Gasteiger partial charge on any atom is -0.480 e. The molecule has 2 aromatic heterocycles. The second-order valence-corrected chi connectivity index (χ2v) is 4.17. The number of H-pyrrole nitrogens is 1. The number of imidazole rings is 1. The summed E-state index contributed by atoms with van der Waals surface area (Å²) >= 11 is 0. The number of aromatic nitrogens is 4. The molecule has 0 aliphatic rings. The third kappa shape index (κ3) is 2.24. The Morgan fingerprint density at radius 2 is 2.28 bits per heavy atom. The van der Waals surface area contributed by atoms with E-state index < -0.39 is 12.0 Å². The van der Waals surface area contributed by atoms with Gasteiger partial charge in [0.15, 0.2) is 11.5 Å². The van der Waals surface area contributed by atoms with Gasteiger partial charge in [0.05, 0.1) is 6.33 Å². The molecule has 2 heterocycles. The number of carboxylic acids is 1. The number of nitrogens with one attached hydrogen (secondary N) is 2. The molecule has 0 aliphatic carbocycles. The lowest BCUT2D eigenvalue weighted by Gasteiger charge is -2.20. The summed E-state index contributed by atoms with van der Waals surface area (Å²) in [7, 11) is 0. The van der Waals surface area contributed by atoms with Gasteiger partial charge in [0.1, 0.15) is 17.9 Å². The van der Waals surface area contributed by atoms with Crippen LogP contribution in [0, 0.1) is 5.92 Å². The molecule has 0 aromatic carbocycles. The third-order valence-electron chi connectivity index (χ3n) is 2.99. The Bertz CT molecular complexity index is 553. The molecule has 0 unspecified atom stereocenters. The van der Waals surface area contributed by atoms with Gasteiger partial charge in [0, 0.05) is 0 Å². The lowest BCUT2D eigenvalue weighted by molar-refractivity contribution is -0.139. The van der Waals surface area contributed by atoms with Crippen LogP contribution in [-0.4, -0.2) is 37.1 Å². The van der Waals surface area contributed by atoms with Crippen LogP contribution >= 0.6 is 0 Å². The molecule has 7 nitrogen and oxygen atoms in total. The number of hydrogen-bond acceptors (Lipinski definition) is 5. The maximum Gasteiger partial charge on any atom is 0.326 e. The summed E-state index contributed by atoms with van der Waals surface area (Å²) in [6.07, 6.45) is 3.63. The Hall–Kier alpha value is -2.18. The maximum absolute atomic E-state index is 11.2. The van der Waals surface area contributed by atoms with E-state index in [9.17, 15) is 9.90 Å². The predicted molar refractivity (Wildman–Crippen MR) is 66.2 cm³/mol. The molecular weight excluding hydrogens is 234 g/mol. The van der Waals surface area contributed by atoms with Crippen molar-refractivity contribution in [2.45, 2.75) is 26.3 Å². The van der Waals surface area contributed by atoms with Crippen molar-refractivity contribution in [1.82, 2.24) is 19.9 Å². The van der Waals surface area contributed by atoms with E-state index in [2.05, 4.69) is 25.3 Å². The fourth-order valence-electron chi connectivity index (χ4n) is 1.70. The molecule has 0 amide bonds. The van der Waals surface area contributed by atoms with E-state index in [4.69, 9.17) is 0 Å². The molecule has 0 aliphatic heterocycles. The van der Waals surface area contributed by atoms with Gasteiger partial charge >= 0.3 is 5.97 Å². The highest BCUT2D eigenvalue weighted by atomic mass is 16.4. The zero-order valence-corrected chi connectivity index (χ0v) is 10.2. The summed E-state index contributed by atoms with van der Waals surface area (Å²) < 4.78 is 0. The first-order chi connectivity index (χ1) is 8.63. The van der Waals surface area contributed by atoms with Crippen molar-refractivity contribution in [3.8, 4) is 0 Å². The van der Waals surface area contributed by atoms with E-state index >= 15 is 0 Å². The van der Waals surface area contributed by atoms with Gasteiger partial charge in [0.2, 0.25) is 0 Å². The van der Waals surface area contributed by atoms with Crippen LogP contribution in [0.15, 0.2) is 12.7 Å². The highest BCUT2D eigenvalue weighted by Gasteiger charge is 2.24. The van der Waals surface area contributed by atoms with E-state index in [1.165, 1.54) is 12.7 Å². The van der Waals surface area contributed by atoms with Gasteiger partial charge in [-0.05, 0) is 5.92 Å². The standard InChI is InChI=1S/C11H15N5O2/c1-3-6(2)7(11(17)18)16-10-8-9(13-4-12-8)14-5-15-10/h4-7H,3H2,1-2H3,(H,17,18)(H2,12,13,14,15,16)/t6-,7-/m1/s1. The van der Waals surface area contributed by atoms with Gasteiger partial charge in [-0.3, -0.25) is 0 Å². The first-order valence-electron chi connectivity index (χ1n) is 5.77. The maximum atomic E-state index is 11.2. The van der Waals surface area contributed by atoms with Crippen LogP contribution in [0.4, 0.5) is 5.82 Å². The van der Waals surface area contributed by atoms with Crippen molar-refractivity contribution in [1.29, 1.82) is 0 Å². The Morgan fingerprint density at radius 1 is 1.50 bits per heavy atom. The molecule has 0 saturated heterocycles. The lowest BCUT2D eigenvalue weighted by atomic mass is 9.99. The number of rotatable bonds is 5.